The Morgan fingerprint density at radius 2 is 2.05 bits per heavy atom. The number of carboxylic acids is 1. The molecule has 114 valence electrons. The van der Waals surface area contributed by atoms with E-state index in [1.807, 2.05) is 31.2 Å². The van der Waals surface area contributed by atoms with Crippen molar-refractivity contribution in [3.8, 4) is 0 Å². The summed E-state index contributed by atoms with van der Waals surface area (Å²) in [4.78, 5) is 23.3. The molecule has 1 atom stereocenters. The quantitative estimate of drug-likeness (QED) is 0.846. The van der Waals surface area contributed by atoms with Gasteiger partial charge in [-0.2, -0.15) is 0 Å². The van der Waals surface area contributed by atoms with E-state index in [2.05, 4.69) is 5.32 Å². The van der Waals surface area contributed by atoms with Gasteiger partial charge in [-0.15, -0.1) is 0 Å². The van der Waals surface area contributed by atoms with Gasteiger partial charge in [-0.1, -0.05) is 29.8 Å². The Bertz CT molecular complexity index is 556. The van der Waals surface area contributed by atoms with E-state index in [0.29, 0.717) is 12.8 Å². The third-order valence-corrected chi connectivity index (χ3v) is 3.77. The molecule has 0 bridgehead atoms. The lowest BCUT2D eigenvalue weighted by molar-refractivity contribution is -0.143. The first-order valence-electron chi connectivity index (χ1n) is 6.74. The smallest absolute Gasteiger partial charge is 0.326 e. The lowest BCUT2D eigenvalue weighted by atomic mass is 9.93. The van der Waals surface area contributed by atoms with Crippen LogP contribution in [0.15, 0.2) is 24.3 Å². The monoisotopic (exact) mass is 297 g/mol. The fourth-order valence-corrected chi connectivity index (χ4v) is 2.41. The molecule has 2 rings (SSSR count). The van der Waals surface area contributed by atoms with Crippen molar-refractivity contribution >= 4 is 11.9 Å². The number of nitrogens with one attached hydrogen (secondary N) is 1. The first kappa shape index (κ1) is 15.4. The van der Waals surface area contributed by atoms with Gasteiger partial charge in [0.1, 0.15) is 6.04 Å². The SMILES string of the molecule is Cc1cccc(C2(C(=O)NC(CC(F)F)C(=O)O)CC2)c1. The third-order valence-electron chi connectivity index (χ3n) is 3.77. The molecule has 2 N–H and O–H groups in total. The first-order valence-corrected chi connectivity index (χ1v) is 6.74. The zero-order chi connectivity index (χ0) is 15.6. The molecule has 0 spiro atoms. The van der Waals surface area contributed by atoms with Crippen molar-refractivity contribution in [2.24, 2.45) is 0 Å². The zero-order valence-corrected chi connectivity index (χ0v) is 11.6. The molecule has 1 aliphatic rings. The standard InChI is InChI=1S/C15H17F2NO3/c1-9-3-2-4-10(7-9)15(5-6-15)14(21)18-11(13(19)20)8-12(16)17/h2-4,7,11-12H,5-6,8H2,1H3,(H,18,21)(H,19,20). The van der Waals surface area contributed by atoms with E-state index in [1.54, 1.807) is 0 Å². The molecule has 1 amide bonds. The maximum Gasteiger partial charge on any atom is 0.326 e. The number of carboxylic acid groups (broad SMARTS) is 1. The highest BCUT2D eigenvalue weighted by Gasteiger charge is 2.52. The number of alkyl halides is 2. The number of hydrogen-bond acceptors (Lipinski definition) is 2. The van der Waals surface area contributed by atoms with Crippen molar-refractivity contribution < 1.29 is 23.5 Å². The number of aryl methyl sites for hydroxylation is 1. The predicted molar refractivity (Wildman–Crippen MR) is 72.3 cm³/mol. The van der Waals surface area contributed by atoms with Crippen LogP contribution < -0.4 is 5.32 Å². The zero-order valence-electron chi connectivity index (χ0n) is 11.6. The molecule has 1 aromatic carbocycles. The van der Waals surface area contributed by atoms with E-state index in [-0.39, 0.29) is 0 Å². The lowest BCUT2D eigenvalue weighted by Gasteiger charge is -2.20. The summed E-state index contributed by atoms with van der Waals surface area (Å²) in [7, 11) is 0. The minimum absolute atomic E-state index is 0.485. The summed E-state index contributed by atoms with van der Waals surface area (Å²) >= 11 is 0. The van der Waals surface area contributed by atoms with E-state index in [1.165, 1.54) is 0 Å². The number of carbonyl (C=O) groups excluding carboxylic acids is 1. The average molecular weight is 297 g/mol. The first-order chi connectivity index (χ1) is 9.85. The van der Waals surface area contributed by atoms with Gasteiger partial charge in [0, 0.05) is 6.42 Å². The molecule has 21 heavy (non-hydrogen) atoms. The van der Waals surface area contributed by atoms with Gasteiger partial charge in [-0.25, -0.2) is 13.6 Å². The Morgan fingerprint density at radius 1 is 1.38 bits per heavy atom. The number of hydrogen-bond donors (Lipinski definition) is 2. The van der Waals surface area contributed by atoms with Gasteiger partial charge in [-0.05, 0) is 25.3 Å². The van der Waals surface area contributed by atoms with Crippen LogP contribution in [0.1, 0.15) is 30.4 Å². The Kier molecular flexibility index (Phi) is 4.25. The molecule has 6 heteroatoms. The average Bonchev–Trinajstić information content (AvgIpc) is 3.18. The normalized spacial score (nSPS) is 17.3. The minimum atomic E-state index is -2.78. The van der Waals surface area contributed by atoms with Gasteiger partial charge >= 0.3 is 5.97 Å². The van der Waals surface area contributed by atoms with Crippen LogP contribution in [0.3, 0.4) is 0 Å². The molecule has 1 saturated carbocycles. The molecule has 1 aliphatic carbocycles. The van der Waals surface area contributed by atoms with Gasteiger partial charge in [0.2, 0.25) is 12.3 Å². The number of amides is 1. The lowest BCUT2D eigenvalue weighted by Crippen LogP contribution is -2.46. The second-order valence-electron chi connectivity index (χ2n) is 5.44. The topological polar surface area (TPSA) is 66.4 Å². The summed E-state index contributed by atoms with van der Waals surface area (Å²) in [5.74, 6) is -1.93. The molecule has 0 radical (unpaired) electrons. The van der Waals surface area contributed by atoms with E-state index < -0.39 is 36.2 Å². The van der Waals surface area contributed by atoms with Crippen LogP contribution >= 0.6 is 0 Å². The van der Waals surface area contributed by atoms with Crippen LogP contribution in [0.25, 0.3) is 0 Å². The molecule has 1 aromatic rings. The van der Waals surface area contributed by atoms with Crippen molar-refractivity contribution in [3.63, 3.8) is 0 Å². The van der Waals surface area contributed by atoms with Crippen LogP contribution in [-0.4, -0.2) is 29.5 Å². The van der Waals surface area contributed by atoms with Gasteiger partial charge in [0.05, 0.1) is 5.41 Å². The largest absolute Gasteiger partial charge is 0.480 e. The Morgan fingerprint density at radius 3 is 2.52 bits per heavy atom. The second-order valence-corrected chi connectivity index (χ2v) is 5.44. The number of halogens is 2. The van der Waals surface area contributed by atoms with Crippen LogP contribution in [0, 0.1) is 6.92 Å². The molecular formula is C15H17F2NO3. The Hall–Kier alpha value is -1.98. The minimum Gasteiger partial charge on any atom is -0.480 e. The molecular weight excluding hydrogens is 280 g/mol. The van der Waals surface area contributed by atoms with Crippen molar-refractivity contribution in [2.45, 2.75) is 44.1 Å². The summed E-state index contributed by atoms with van der Waals surface area (Å²) in [5.41, 5.74) is 1.04. The van der Waals surface area contributed by atoms with Crippen molar-refractivity contribution in [2.75, 3.05) is 0 Å². The second kappa shape index (κ2) is 5.79. The van der Waals surface area contributed by atoms with Crippen molar-refractivity contribution in [1.29, 1.82) is 0 Å². The number of aliphatic carboxylic acids is 1. The van der Waals surface area contributed by atoms with E-state index in [0.717, 1.165) is 11.1 Å². The maximum atomic E-state index is 12.4. The van der Waals surface area contributed by atoms with Crippen molar-refractivity contribution in [3.05, 3.63) is 35.4 Å². The Labute approximate surface area is 121 Å². The fraction of sp³-hybridized carbons (Fsp3) is 0.467. The molecule has 0 heterocycles. The summed E-state index contributed by atoms with van der Waals surface area (Å²) < 4.78 is 24.7. The third kappa shape index (κ3) is 3.37. The summed E-state index contributed by atoms with van der Waals surface area (Å²) in [6.45, 7) is 1.90. The predicted octanol–water partition coefficient (Wildman–Crippen LogP) is 2.25. The van der Waals surface area contributed by atoms with E-state index in [4.69, 9.17) is 5.11 Å². The van der Waals surface area contributed by atoms with Crippen LogP contribution in [-0.2, 0) is 15.0 Å². The Balaban J connectivity index is 2.14. The highest BCUT2D eigenvalue weighted by Crippen LogP contribution is 2.48. The summed E-state index contributed by atoms with van der Waals surface area (Å²) in [6, 6.07) is 5.85. The van der Waals surface area contributed by atoms with Gasteiger partial charge in [-0.3, -0.25) is 4.79 Å². The van der Waals surface area contributed by atoms with Crippen LogP contribution in [0.4, 0.5) is 8.78 Å². The highest BCUT2D eigenvalue weighted by atomic mass is 19.3. The molecule has 0 saturated heterocycles. The molecule has 0 aliphatic heterocycles. The number of rotatable bonds is 6. The van der Waals surface area contributed by atoms with Crippen LogP contribution in [0.2, 0.25) is 0 Å². The van der Waals surface area contributed by atoms with Crippen LogP contribution in [0.5, 0.6) is 0 Å². The number of carbonyl (C=O) groups is 2. The molecule has 1 unspecified atom stereocenters. The van der Waals surface area contributed by atoms with Gasteiger partial charge in [0.15, 0.2) is 0 Å². The maximum absolute atomic E-state index is 12.4. The van der Waals surface area contributed by atoms with E-state index >= 15 is 0 Å². The highest BCUT2D eigenvalue weighted by molar-refractivity contribution is 5.94. The van der Waals surface area contributed by atoms with Crippen molar-refractivity contribution in [1.82, 2.24) is 5.32 Å². The van der Waals surface area contributed by atoms with Gasteiger partial charge in [0.25, 0.3) is 0 Å². The molecule has 0 aromatic heterocycles. The van der Waals surface area contributed by atoms with E-state index in [9.17, 15) is 18.4 Å². The molecule has 4 nitrogen and oxygen atoms in total. The van der Waals surface area contributed by atoms with Gasteiger partial charge < -0.3 is 10.4 Å². The summed E-state index contributed by atoms with van der Waals surface area (Å²) in [6.07, 6.45) is -2.46. The number of benzene rings is 1. The fourth-order valence-electron chi connectivity index (χ4n) is 2.41. The summed E-state index contributed by atoms with van der Waals surface area (Å²) in [5, 5.41) is 11.2. The molecule has 1 fully saturated rings.